The highest BCUT2D eigenvalue weighted by Gasteiger charge is 2.53. The lowest BCUT2D eigenvalue weighted by Gasteiger charge is -2.48. The van der Waals surface area contributed by atoms with Gasteiger partial charge in [-0.2, -0.15) is 0 Å². The first kappa shape index (κ1) is 21.9. The maximum Gasteiger partial charge on any atom is 0.257 e. The SMILES string of the molecule is CC12CCC(=O)N1c1ccccc1C(=O)N2CCC(=O)N(Cc1c(F)cccc1Cl)C1CC1. The maximum atomic E-state index is 14.3. The molecule has 0 N–H and O–H groups in total. The van der Waals surface area contributed by atoms with Gasteiger partial charge in [-0.15, -0.1) is 0 Å². The fourth-order valence-electron chi connectivity index (χ4n) is 5.05. The number of nitrogens with zero attached hydrogens (tertiary/aromatic N) is 3. The van der Waals surface area contributed by atoms with Crippen LogP contribution >= 0.6 is 11.6 Å². The molecule has 0 radical (unpaired) electrons. The summed E-state index contributed by atoms with van der Waals surface area (Å²) in [7, 11) is 0. The number of carbonyl (C=O) groups is 3. The zero-order valence-electron chi connectivity index (χ0n) is 18.4. The Balaban J connectivity index is 1.37. The fourth-order valence-corrected chi connectivity index (χ4v) is 5.28. The highest BCUT2D eigenvalue weighted by molar-refractivity contribution is 6.31. The smallest absolute Gasteiger partial charge is 0.257 e. The minimum atomic E-state index is -0.804. The standard InChI is InChI=1S/C25H25ClFN3O3/c1-25-13-11-23(32)30(25)21-8-3-2-5-17(21)24(33)29(25)14-12-22(31)28(16-9-10-16)15-18-19(26)6-4-7-20(18)27/h2-8,16H,9-15H2,1H3. The van der Waals surface area contributed by atoms with Crippen LogP contribution in [0.1, 0.15) is 54.9 Å². The van der Waals surface area contributed by atoms with E-state index in [0.717, 1.165) is 12.8 Å². The van der Waals surface area contributed by atoms with E-state index in [-0.39, 0.29) is 43.3 Å². The lowest BCUT2D eigenvalue weighted by atomic mass is 9.98. The van der Waals surface area contributed by atoms with E-state index >= 15 is 0 Å². The minimum Gasteiger partial charge on any atom is -0.335 e. The fraction of sp³-hybridized carbons (Fsp3) is 0.400. The van der Waals surface area contributed by atoms with Crippen molar-refractivity contribution < 1.29 is 18.8 Å². The van der Waals surface area contributed by atoms with Gasteiger partial charge in [-0.25, -0.2) is 4.39 Å². The van der Waals surface area contributed by atoms with Gasteiger partial charge in [0.25, 0.3) is 5.91 Å². The Bertz CT molecular complexity index is 1130. The Morgan fingerprint density at radius 1 is 1.18 bits per heavy atom. The Kier molecular flexibility index (Phi) is 5.40. The van der Waals surface area contributed by atoms with Gasteiger partial charge in [0.2, 0.25) is 11.8 Å². The third kappa shape index (κ3) is 3.68. The van der Waals surface area contributed by atoms with Crippen molar-refractivity contribution in [3.05, 3.63) is 64.4 Å². The Morgan fingerprint density at radius 3 is 2.67 bits per heavy atom. The molecule has 2 fully saturated rings. The van der Waals surface area contributed by atoms with Crippen LogP contribution in [0, 0.1) is 5.82 Å². The van der Waals surface area contributed by atoms with E-state index in [2.05, 4.69) is 0 Å². The summed E-state index contributed by atoms with van der Waals surface area (Å²) in [6.45, 7) is 2.17. The summed E-state index contributed by atoms with van der Waals surface area (Å²) < 4.78 is 14.3. The van der Waals surface area contributed by atoms with Crippen molar-refractivity contribution in [3.8, 4) is 0 Å². The second-order valence-corrected chi connectivity index (χ2v) is 9.53. The molecule has 0 spiro atoms. The van der Waals surface area contributed by atoms with Crippen molar-refractivity contribution in [3.63, 3.8) is 0 Å². The molecule has 0 bridgehead atoms. The number of hydrogen-bond acceptors (Lipinski definition) is 3. The summed E-state index contributed by atoms with van der Waals surface area (Å²) >= 11 is 6.19. The number of carbonyl (C=O) groups excluding carboxylic acids is 3. The van der Waals surface area contributed by atoms with E-state index in [1.807, 2.05) is 13.0 Å². The van der Waals surface area contributed by atoms with Crippen molar-refractivity contribution in [1.29, 1.82) is 0 Å². The monoisotopic (exact) mass is 469 g/mol. The summed E-state index contributed by atoms with van der Waals surface area (Å²) in [5, 5.41) is 0.295. The van der Waals surface area contributed by atoms with Crippen LogP contribution in [0.15, 0.2) is 42.5 Å². The largest absolute Gasteiger partial charge is 0.335 e. The maximum absolute atomic E-state index is 14.3. The van der Waals surface area contributed by atoms with E-state index in [4.69, 9.17) is 11.6 Å². The molecule has 33 heavy (non-hydrogen) atoms. The molecule has 2 aromatic rings. The Hall–Kier alpha value is -2.93. The summed E-state index contributed by atoms with van der Waals surface area (Å²) in [4.78, 5) is 44.4. The first-order valence-corrected chi connectivity index (χ1v) is 11.7. The van der Waals surface area contributed by atoms with Crippen LogP contribution in [0.25, 0.3) is 0 Å². The third-order valence-electron chi connectivity index (χ3n) is 6.99. The van der Waals surface area contributed by atoms with Crippen molar-refractivity contribution >= 4 is 35.0 Å². The number of benzene rings is 2. The van der Waals surface area contributed by atoms with Gasteiger partial charge < -0.3 is 9.80 Å². The van der Waals surface area contributed by atoms with Crippen LogP contribution in [0.3, 0.4) is 0 Å². The molecule has 1 unspecified atom stereocenters. The second kappa shape index (κ2) is 8.13. The molecule has 2 heterocycles. The van der Waals surface area contributed by atoms with Gasteiger partial charge in [-0.05, 0) is 50.5 Å². The van der Waals surface area contributed by atoms with E-state index in [1.54, 1.807) is 45.0 Å². The quantitative estimate of drug-likeness (QED) is 0.631. The topological polar surface area (TPSA) is 60.9 Å². The summed E-state index contributed by atoms with van der Waals surface area (Å²) in [5.41, 5.74) is 0.600. The molecule has 6 nitrogen and oxygen atoms in total. The van der Waals surface area contributed by atoms with Crippen LogP contribution in [0.2, 0.25) is 5.02 Å². The zero-order chi connectivity index (χ0) is 23.3. The van der Waals surface area contributed by atoms with Crippen molar-refractivity contribution in [2.24, 2.45) is 0 Å². The predicted molar refractivity (Wildman–Crippen MR) is 122 cm³/mol. The number of fused-ring (bicyclic) bond motifs is 3. The molecule has 8 heteroatoms. The first-order valence-electron chi connectivity index (χ1n) is 11.3. The van der Waals surface area contributed by atoms with Crippen LogP contribution in [0.5, 0.6) is 0 Å². The van der Waals surface area contributed by atoms with Crippen molar-refractivity contribution in [2.75, 3.05) is 11.4 Å². The van der Waals surface area contributed by atoms with Gasteiger partial charge in [-0.1, -0.05) is 29.8 Å². The van der Waals surface area contributed by atoms with Gasteiger partial charge in [-0.3, -0.25) is 19.3 Å². The molecule has 1 atom stereocenters. The molecule has 5 rings (SSSR count). The Labute approximate surface area is 196 Å². The molecular formula is C25H25ClFN3O3. The summed E-state index contributed by atoms with van der Waals surface area (Å²) in [5.74, 6) is -0.788. The van der Waals surface area contributed by atoms with Crippen molar-refractivity contribution in [1.82, 2.24) is 9.80 Å². The number of hydrogen-bond donors (Lipinski definition) is 0. The molecule has 3 aliphatic rings. The predicted octanol–water partition coefficient (Wildman–Crippen LogP) is 4.36. The lowest BCUT2D eigenvalue weighted by molar-refractivity contribution is -0.132. The molecule has 1 saturated heterocycles. The molecule has 2 aliphatic heterocycles. The van der Waals surface area contributed by atoms with Crippen LogP contribution in [-0.2, 0) is 16.1 Å². The van der Waals surface area contributed by atoms with Crippen LogP contribution in [0.4, 0.5) is 10.1 Å². The number of amides is 3. The van der Waals surface area contributed by atoms with E-state index in [9.17, 15) is 18.8 Å². The number of para-hydroxylation sites is 1. The summed E-state index contributed by atoms with van der Waals surface area (Å²) in [6.07, 6.45) is 2.69. The third-order valence-corrected chi connectivity index (χ3v) is 7.35. The number of anilines is 1. The molecule has 2 aromatic carbocycles. The van der Waals surface area contributed by atoms with Gasteiger partial charge in [0.05, 0.1) is 17.8 Å². The van der Waals surface area contributed by atoms with Crippen LogP contribution < -0.4 is 4.90 Å². The highest BCUT2D eigenvalue weighted by atomic mass is 35.5. The van der Waals surface area contributed by atoms with Gasteiger partial charge >= 0.3 is 0 Å². The van der Waals surface area contributed by atoms with Crippen molar-refractivity contribution in [2.45, 2.75) is 57.3 Å². The minimum absolute atomic E-state index is 0.0254. The van der Waals surface area contributed by atoms with Gasteiger partial charge in [0.15, 0.2) is 0 Å². The van der Waals surface area contributed by atoms with Gasteiger partial charge in [0.1, 0.15) is 11.5 Å². The molecule has 1 aliphatic carbocycles. The van der Waals surface area contributed by atoms with E-state index in [0.29, 0.717) is 34.7 Å². The Morgan fingerprint density at radius 2 is 1.94 bits per heavy atom. The molecule has 0 aromatic heterocycles. The highest BCUT2D eigenvalue weighted by Crippen LogP contribution is 2.44. The average Bonchev–Trinajstić information content (AvgIpc) is 3.57. The lowest BCUT2D eigenvalue weighted by Crippen LogP contribution is -2.62. The summed E-state index contributed by atoms with van der Waals surface area (Å²) in [6, 6.07) is 11.7. The first-order chi connectivity index (χ1) is 15.8. The molecule has 3 amide bonds. The molecule has 1 saturated carbocycles. The number of rotatable bonds is 6. The molecular weight excluding hydrogens is 445 g/mol. The second-order valence-electron chi connectivity index (χ2n) is 9.12. The number of halogens is 2. The zero-order valence-corrected chi connectivity index (χ0v) is 19.1. The van der Waals surface area contributed by atoms with E-state index in [1.165, 1.54) is 6.07 Å². The molecule has 172 valence electrons. The normalized spacial score (nSPS) is 21.8. The average molecular weight is 470 g/mol. The van der Waals surface area contributed by atoms with Gasteiger partial charge in [0, 0.05) is 36.0 Å². The van der Waals surface area contributed by atoms with E-state index < -0.39 is 11.5 Å². The van der Waals surface area contributed by atoms with Crippen LogP contribution in [-0.4, -0.2) is 45.8 Å².